The molecule has 1 heterocycles. The van der Waals surface area contributed by atoms with E-state index in [1.165, 1.54) is 4.31 Å². The van der Waals surface area contributed by atoms with E-state index in [4.69, 9.17) is 0 Å². The molecule has 1 fully saturated rings. The van der Waals surface area contributed by atoms with Gasteiger partial charge >= 0.3 is 6.03 Å². The predicted octanol–water partition coefficient (Wildman–Crippen LogP) is 2.04. The van der Waals surface area contributed by atoms with Gasteiger partial charge in [0.05, 0.1) is 4.90 Å². The number of hydrogen-bond donors (Lipinski definition) is 2. The van der Waals surface area contributed by atoms with Crippen LogP contribution >= 0.6 is 0 Å². The third-order valence-electron chi connectivity index (χ3n) is 4.96. The number of anilines is 1. The first-order chi connectivity index (χ1) is 14.3. The van der Waals surface area contributed by atoms with Crippen LogP contribution in [0, 0.1) is 6.92 Å². The molecule has 2 aromatic carbocycles. The van der Waals surface area contributed by atoms with E-state index in [0.29, 0.717) is 5.69 Å². The first-order valence-electron chi connectivity index (χ1n) is 9.75. The Bertz CT molecular complexity index is 985. The third kappa shape index (κ3) is 5.17. The fourth-order valence-electron chi connectivity index (χ4n) is 3.23. The summed E-state index contributed by atoms with van der Waals surface area (Å²) < 4.78 is 27.0. The highest BCUT2D eigenvalue weighted by Crippen LogP contribution is 2.18. The molecule has 0 bridgehead atoms. The van der Waals surface area contributed by atoms with E-state index < -0.39 is 22.1 Å². The van der Waals surface area contributed by atoms with Crippen LogP contribution in [0.2, 0.25) is 0 Å². The first kappa shape index (κ1) is 21.8. The van der Waals surface area contributed by atoms with Gasteiger partial charge in [0.15, 0.2) is 0 Å². The number of benzene rings is 2. The number of nitrogens with one attached hydrogen (secondary N) is 2. The van der Waals surface area contributed by atoms with Gasteiger partial charge in [-0.05, 0) is 38.1 Å². The molecule has 0 aliphatic carbocycles. The Morgan fingerprint density at radius 3 is 2.13 bits per heavy atom. The molecular weight excluding hydrogens is 404 g/mol. The number of carbonyl (C=O) groups is 2. The van der Waals surface area contributed by atoms with Crippen molar-refractivity contribution in [2.24, 2.45) is 0 Å². The fraction of sp³-hybridized carbons (Fsp3) is 0.333. The zero-order chi connectivity index (χ0) is 21.7. The Labute approximate surface area is 176 Å². The fourth-order valence-corrected chi connectivity index (χ4v) is 4.65. The molecule has 1 unspecified atom stereocenters. The molecule has 0 saturated carbocycles. The minimum absolute atomic E-state index is 0.213. The van der Waals surface area contributed by atoms with Gasteiger partial charge in [0.25, 0.3) is 0 Å². The highest BCUT2D eigenvalue weighted by molar-refractivity contribution is 7.89. The van der Waals surface area contributed by atoms with Crippen LogP contribution in [-0.4, -0.2) is 61.8 Å². The highest BCUT2D eigenvalue weighted by Gasteiger charge is 2.31. The molecule has 1 aliphatic heterocycles. The number of sulfonamides is 1. The normalized spacial score (nSPS) is 16.0. The maximum absolute atomic E-state index is 12.8. The van der Waals surface area contributed by atoms with Crippen LogP contribution in [0.5, 0.6) is 0 Å². The van der Waals surface area contributed by atoms with E-state index >= 15 is 0 Å². The average molecular weight is 431 g/mol. The SMILES string of the molecule is Cc1ccc(S(=O)(=O)N2CCN(C(=O)C(C)NC(=O)Nc3ccccc3)CC2)cc1. The van der Waals surface area contributed by atoms with Crippen molar-refractivity contribution in [3.05, 3.63) is 60.2 Å². The van der Waals surface area contributed by atoms with Gasteiger partial charge in [0.1, 0.15) is 6.04 Å². The van der Waals surface area contributed by atoms with E-state index in [2.05, 4.69) is 10.6 Å². The number of urea groups is 1. The van der Waals surface area contributed by atoms with Crippen molar-refractivity contribution in [3.8, 4) is 0 Å². The largest absolute Gasteiger partial charge is 0.338 e. The number of aryl methyl sites for hydroxylation is 1. The molecule has 1 atom stereocenters. The van der Waals surface area contributed by atoms with Gasteiger partial charge < -0.3 is 15.5 Å². The summed E-state index contributed by atoms with van der Waals surface area (Å²) in [6, 6.07) is 14.5. The third-order valence-corrected chi connectivity index (χ3v) is 6.87. The number of piperazine rings is 1. The summed E-state index contributed by atoms with van der Waals surface area (Å²) in [5, 5.41) is 5.30. The molecule has 1 saturated heterocycles. The summed E-state index contributed by atoms with van der Waals surface area (Å²) in [5.74, 6) is -0.245. The number of amides is 3. The molecule has 8 nitrogen and oxygen atoms in total. The van der Waals surface area contributed by atoms with Crippen molar-refractivity contribution in [2.75, 3.05) is 31.5 Å². The van der Waals surface area contributed by atoms with Crippen LogP contribution < -0.4 is 10.6 Å². The van der Waals surface area contributed by atoms with Crippen LogP contribution in [0.1, 0.15) is 12.5 Å². The van der Waals surface area contributed by atoms with Crippen molar-refractivity contribution in [1.29, 1.82) is 0 Å². The molecule has 2 N–H and O–H groups in total. The summed E-state index contributed by atoms with van der Waals surface area (Å²) >= 11 is 0. The van der Waals surface area contributed by atoms with Crippen molar-refractivity contribution < 1.29 is 18.0 Å². The zero-order valence-corrected chi connectivity index (χ0v) is 17.9. The minimum atomic E-state index is -3.59. The smallest absolute Gasteiger partial charge is 0.319 e. The van der Waals surface area contributed by atoms with Gasteiger partial charge in [-0.3, -0.25) is 4.79 Å². The molecule has 0 aromatic heterocycles. The second kappa shape index (κ2) is 9.27. The maximum atomic E-state index is 12.8. The molecule has 3 rings (SSSR count). The van der Waals surface area contributed by atoms with E-state index in [-0.39, 0.29) is 37.0 Å². The predicted molar refractivity (Wildman–Crippen MR) is 115 cm³/mol. The van der Waals surface area contributed by atoms with Gasteiger partial charge in [-0.15, -0.1) is 0 Å². The average Bonchev–Trinajstić information content (AvgIpc) is 2.74. The summed E-state index contributed by atoms with van der Waals surface area (Å²) in [4.78, 5) is 26.6. The van der Waals surface area contributed by atoms with E-state index in [9.17, 15) is 18.0 Å². The minimum Gasteiger partial charge on any atom is -0.338 e. The van der Waals surface area contributed by atoms with Crippen LogP contribution in [0.15, 0.2) is 59.5 Å². The van der Waals surface area contributed by atoms with Crippen molar-refractivity contribution in [1.82, 2.24) is 14.5 Å². The van der Waals surface area contributed by atoms with Crippen molar-refractivity contribution in [3.63, 3.8) is 0 Å². The summed E-state index contributed by atoms with van der Waals surface area (Å²) in [7, 11) is -3.59. The Hall–Kier alpha value is -2.91. The number of hydrogen-bond acceptors (Lipinski definition) is 4. The second-order valence-corrected chi connectivity index (χ2v) is 9.17. The van der Waals surface area contributed by atoms with Crippen LogP contribution in [0.3, 0.4) is 0 Å². The molecule has 1 aliphatic rings. The molecule has 3 amide bonds. The van der Waals surface area contributed by atoms with Crippen molar-refractivity contribution >= 4 is 27.6 Å². The number of nitrogens with zero attached hydrogens (tertiary/aromatic N) is 2. The van der Waals surface area contributed by atoms with E-state index in [1.807, 2.05) is 13.0 Å². The highest BCUT2D eigenvalue weighted by atomic mass is 32.2. The monoisotopic (exact) mass is 430 g/mol. The standard InChI is InChI=1S/C21H26N4O4S/c1-16-8-10-19(11-9-16)30(28,29)25-14-12-24(13-15-25)20(26)17(2)22-21(27)23-18-6-4-3-5-7-18/h3-11,17H,12-15H2,1-2H3,(H2,22,23,27). The van der Waals surface area contributed by atoms with Gasteiger partial charge in [0, 0.05) is 31.9 Å². The quantitative estimate of drug-likeness (QED) is 0.758. The summed E-state index contributed by atoms with van der Waals surface area (Å²) in [5.41, 5.74) is 1.62. The van der Waals surface area contributed by atoms with Gasteiger partial charge in [-0.1, -0.05) is 35.9 Å². The van der Waals surface area contributed by atoms with E-state index in [0.717, 1.165) is 5.56 Å². The number of rotatable bonds is 5. The number of para-hydroxylation sites is 1. The lowest BCUT2D eigenvalue weighted by Gasteiger charge is -2.35. The number of carbonyl (C=O) groups excluding carboxylic acids is 2. The molecule has 9 heteroatoms. The Kier molecular flexibility index (Phi) is 6.73. The second-order valence-electron chi connectivity index (χ2n) is 7.23. The topological polar surface area (TPSA) is 98.8 Å². The Balaban J connectivity index is 1.53. The Morgan fingerprint density at radius 2 is 1.53 bits per heavy atom. The summed E-state index contributed by atoms with van der Waals surface area (Å²) in [6.45, 7) is 4.49. The van der Waals surface area contributed by atoms with Gasteiger partial charge in [0.2, 0.25) is 15.9 Å². The lowest BCUT2D eigenvalue weighted by Crippen LogP contribution is -2.55. The first-order valence-corrected chi connectivity index (χ1v) is 11.2. The van der Waals surface area contributed by atoms with E-state index in [1.54, 1.807) is 60.4 Å². The van der Waals surface area contributed by atoms with Crippen LogP contribution in [0.4, 0.5) is 10.5 Å². The lowest BCUT2D eigenvalue weighted by molar-refractivity contribution is -0.133. The lowest BCUT2D eigenvalue weighted by atomic mass is 10.2. The van der Waals surface area contributed by atoms with Crippen LogP contribution in [0.25, 0.3) is 0 Å². The summed E-state index contributed by atoms with van der Waals surface area (Å²) in [6.07, 6.45) is 0. The van der Waals surface area contributed by atoms with Gasteiger partial charge in [-0.25, -0.2) is 13.2 Å². The molecule has 2 aromatic rings. The molecule has 0 spiro atoms. The van der Waals surface area contributed by atoms with Gasteiger partial charge in [-0.2, -0.15) is 4.31 Å². The molecule has 0 radical (unpaired) electrons. The van der Waals surface area contributed by atoms with Crippen LogP contribution in [-0.2, 0) is 14.8 Å². The van der Waals surface area contributed by atoms with Crippen molar-refractivity contribution in [2.45, 2.75) is 24.8 Å². The maximum Gasteiger partial charge on any atom is 0.319 e. The molecule has 30 heavy (non-hydrogen) atoms. The zero-order valence-electron chi connectivity index (χ0n) is 17.0. The Morgan fingerprint density at radius 1 is 0.933 bits per heavy atom. The molecule has 160 valence electrons. The molecular formula is C21H26N4O4S.